The third-order valence-corrected chi connectivity index (χ3v) is 4.38. The molecule has 0 spiro atoms. The molecule has 1 atom stereocenters. The summed E-state index contributed by atoms with van der Waals surface area (Å²) in [5.41, 5.74) is 6.63. The number of H-pyrrole nitrogens is 1. The number of anilines is 1. The summed E-state index contributed by atoms with van der Waals surface area (Å²) in [6, 6.07) is 1.71. The van der Waals surface area contributed by atoms with Crippen LogP contribution < -0.4 is 15.2 Å². The van der Waals surface area contributed by atoms with E-state index in [2.05, 4.69) is 15.2 Å². The molecule has 1 amide bonds. The van der Waals surface area contributed by atoms with E-state index in [1.165, 1.54) is 0 Å². The Labute approximate surface area is 164 Å². The number of nitrogens with two attached hydrogens (primary N) is 1. The van der Waals surface area contributed by atoms with Gasteiger partial charge in [0.1, 0.15) is 17.2 Å². The quantitative estimate of drug-likeness (QED) is 0.807. The Kier molecular flexibility index (Phi) is 5.62. The molecule has 1 aliphatic heterocycles. The summed E-state index contributed by atoms with van der Waals surface area (Å²) in [4.78, 5) is 18.1. The number of pyridine rings is 1. The summed E-state index contributed by atoms with van der Waals surface area (Å²) in [7, 11) is 1.57. The number of hydrogen-bond acceptors (Lipinski definition) is 7. The molecule has 1 saturated heterocycles. The summed E-state index contributed by atoms with van der Waals surface area (Å²) in [5, 5.41) is 6.85. The zero-order chi connectivity index (χ0) is 20.3. The average molecular weight is 389 g/mol. The molecule has 2 aromatic rings. The molecule has 152 valence electrons. The number of hydrogen-bond donors (Lipinski definition) is 2. The lowest BCUT2D eigenvalue weighted by atomic mass is 10.1. The Hall–Kier alpha value is -2.97. The standard InChI is InChI=1S/C19H27N5O4/c1-19(2,3)28-18(25)24-6-5-12(10-24)11-27-15-9-21-8-14(26-4)17(15)13-7-16(20)23-22-13/h7-9,12H,5-6,10-11H2,1-4H3,(H3,20,22,23)/t12-/m0/s1. The Balaban J connectivity index is 1.66. The number of aromatic nitrogens is 3. The second-order valence-electron chi connectivity index (χ2n) is 7.81. The molecule has 0 saturated carbocycles. The van der Waals surface area contributed by atoms with Crippen LogP contribution in [0.15, 0.2) is 18.5 Å². The molecule has 2 aromatic heterocycles. The SMILES string of the molecule is COc1cncc(OC[C@H]2CCN(C(=O)OC(C)(C)C)C2)c1-c1cc(N)n[nH]1. The van der Waals surface area contributed by atoms with Gasteiger partial charge in [-0.2, -0.15) is 5.10 Å². The van der Waals surface area contributed by atoms with Gasteiger partial charge in [-0.15, -0.1) is 0 Å². The van der Waals surface area contributed by atoms with Crippen LogP contribution in [-0.4, -0.2) is 58.6 Å². The van der Waals surface area contributed by atoms with Crippen molar-refractivity contribution < 1.29 is 19.0 Å². The van der Waals surface area contributed by atoms with Crippen LogP contribution in [0.5, 0.6) is 11.5 Å². The van der Waals surface area contributed by atoms with Crippen molar-refractivity contribution in [1.82, 2.24) is 20.1 Å². The van der Waals surface area contributed by atoms with Crippen molar-refractivity contribution in [2.45, 2.75) is 32.8 Å². The highest BCUT2D eigenvalue weighted by atomic mass is 16.6. The fourth-order valence-electron chi connectivity index (χ4n) is 3.09. The molecule has 1 fully saturated rings. The van der Waals surface area contributed by atoms with Crippen molar-refractivity contribution in [1.29, 1.82) is 0 Å². The van der Waals surface area contributed by atoms with E-state index in [-0.39, 0.29) is 12.0 Å². The van der Waals surface area contributed by atoms with Crippen LogP contribution in [0, 0.1) is 5.92 Å². The number of methoxy groups -OCH3 is 1. The molecular weight excluding hydrogens is 362 g/mol. The first-order valence-electron chi connectivity index (χ1n) is 9.21. The molecule has 9 nitrogen and oxygen atoms in total. The van der Waals surface area contributed by atoms with Crippen molar-refractivity contribution in [3.05, 3.63) is 18.5 Å². The van der Waals surface area contributed by atoms with Gasteiger partial charge in [-0.3, -0.25) is 10.1 Å². The van der Waals surface area contributed by atoms with Crippen LogP contribution in [0.2, 0.25) is 0 Å². The lowest BCUT2D eigenvalue weighted by molar-refractivity contribution is 0.0285. The minimum atomic E-state index is -0.501. The number of ether oxygens (including phenoxy) is 3. The van der Waals surface area contributed by atoms with Gasteiger partial charge in [-0.05, 0) is 27.2 Å². The molecule has 0 aromatic carbocycles. The van der Waals surface area contributed by atoms with Crippen molar-refractivity contribution in [3.63, 3.8) is 0 Å². The Morgan fingerprint density at radius 3 is 2.75 bits per heavy atom. The number of carbonyl (C=O) groups is 1. The van der Waals surface area contributed by atoms with Gasteiger partial charge >= 0.3 is 6.09 Å². The lowest BCUT2D eigenvalue weighted by Gasteiger charge is -2.24. The lowest BCUT2D eigenvalue weighted by Crippen LogP contribution is -2.35. The van der Waals surface area contributed by atoms with Crippen LogP contribution in [0.25, 0.3) is 11.3 Å². The van der Waals surface area contributed by atoms with E-state index in [0.29, 0.717) is 48.3 Å². The van der Waals surface area contributed by atoms with Gasteiger partial charge in [0, 0.05) is 25.1 Å². The van der Waals surface area contributed by atoms with E-state index in [9.17, 15) is 4.79 Å². The first-order valence-corrected chi connectivity index (χ1v) is 9.21. The molecule has 0 radical (unpaired) electrons. The minimum absolute atomic E-state index is 0.207. The highest BCUT2D eigenvalue weighted by Gasteiger charge is 2.30. The van der Waals surface area contributed by atoms with Crippen molar-refractivity contribution in [3.8, 4) is 22.8 Å². The molecule has 3 rings (SSSR count). The largest absolute Gasteiger partial charge is 0.494 e. The van der Waals surface area contributed by atoms with E-state index >= 15 is 0 Å². The fraction of sp³-hybridized carbons (Fsp3) is 0.526. The summed E-state index contributed by atoms with van der Waals surface area (Å²) in [6.07, 6.45) is 3.81. The number of aromatic amines is 1. The molecule has 1 aliphatic rings. The number of nitrogen functional groups attached to an aromatic ring is 1. The van der Waals surface area contributed by atoms with E-state index < -0.39 is 5.60 Å². The predicted molar refractivity (Wildman–Crippen MR) is 104 cm³/mol. The van der Waals surface area contributed by atoms with Crippen LogP contribution in [-0.2, 0) is 4.74 Å². The maximum Gasteiger partial charge on any atom is 0.410 e. The van der Waals surface area contributed by atoms with Crippen LogP contribution in [0.4, 0.5) is 10.6 Å². The van der Waals surface area contributed by atoms with Crippen LogP contribution in [0.3, 0.4) is 0 Å². The first-order chi connectivity index (χ1) is 13.3. The van der Waals surface area contributed by atoms with Crippen molar-refractivity contribution in [2.75, 3.05) is 32.5 Å². The zero-order valence-corrected chi connectivity index (χ0v) is 16.7. The van der Waals surface area contributed by atoms with Crippen LogP contribution in [0.1, 0.15) is 27.2 Å². The average Bonchev–Trinajstić information content (AvgIpc) is 3.27. The van der Waals surface area contributed by atoms with Gasteiger partial charge in [0.05, 0.1) is 37.4 Å². The van der Waals surface area contributed by atoms with Crippen LogP contribution >= 0.6 is 0 Å². The minimum Gasteiger partial charge on any atom is -0.494 e. The van der Waals surface area contributed by atoms with E-state index in [1.54, 1.807) is 30.5 Å². The summed E-state index contributed by atoms with van der Waals surface area (Å²) >= 11 is 0. The molecule has 3 N–H and O–H groups in total. The van der Waals surface area contributed by atoms with Gasteiger partial charge < -0.3 is 24.8 Å². The molecule has 0 unspecified atom stereocenters. The van der Waals surface area contributed by atoms with Gasteiger partial charge in [0.15, 0.2) is 5.75 Å². The van der Waals surface area contributed by atoms with Crippen molar-refractivity contribution >= 4 is 11.9 Å². The Morgan fingerprint density at radius 2 is 2.11 bits per heavy atom. The molecule has 0 aliphatic carbocycles. The highest BCUT2D eigenvalue weighted by molar-refractivity contribution is 5.74. The monoisotopic (exact) mass is 389 g/mol. The topological polar surface area (TPSA) is 116 Å². The zero-order valence-electron chi connectivity index (χ0n) is 16.7. The van der Waals surface area contributed by atoms with Crippen molar-refractivity contribution in [2.24, 2.45) is 5.92 Å². The fourth-order valence-corrected chi connectivity index (χ4v) is 3.09. The molecule has 28 heavy (non-hydrogen) atoms. The molecule has 3 heterocycles. The van der Waals surface area contributed by atoms with Gasteiger partial charge in [-0.25, -0.2) is 4.79 Å². The smallest absolute Gasteiger partial charge is 0.410 e. The number of amides is 1. The summed E-state index contributed by atoms with van der Waals surface area (Å²) < 4.78 is 16.9. The van der Waals surface area contributed by atoms with Gasteiger partial charge in [-0.1, -0.05) is 0 Å². The number of likely N-dealkylation sites (tertiary alicyclic amines) is 1. The highest BCUT2D eigenvalue weighted by Crippen LogP contribution is 2.37. The maximum absolute atomic E-state index is 12.2. The molecule has 9 heteroatoms. The Bertz CT molecular complexity index is 830. The number of carbonyl (C=O) groups excluding carboxylic acids is 1. The number of nitrogens with one attached hydrogen (secondary N) is 1. The molecule has 0 bridgehead atoms. The third-order valence-electron chi connectivity index (χ3n) is 4.38. The maximum atomic E-state index is 12.2. The van der Waals surface area contributed by atoms with E-state index in [4.69, 9.17) is 19.9 Å². The summed E-state index contributed by atoms with van der Waals surface area (Å²) in [5.74, 6) is 1.71. The molecular formula is C19H27N5O4. The van der Waals surface area contributed by atoms with E-state index in [0.717, 1.165) is 6.42 Å². The van der Waals surface area contributed by atoms with E-state index in [1.807, 2.05) is 20.8 Å². The second kappa shape index (κ2) is 7.95. The predicted octanol–water partition coefficient (Wildman–Crippen LogP) is 2.70. The summed E-state index contributed by atoms with van der Waals surface area (Å²) in [6.45, 7) is 7.29. The number of nitrogens with zero attached hydrogens (tertiary/aromatic N) is 3. The third kappa shape index (κ3) is 4.65. The second-order valence-corrected chi connectivity index (χ2v) is 7.81. The Morgan fingerprint density at radius 1 is 1.36 bits per heavy atom. The number of rotatable bonds is 5. The van der Waals surface area contributed by atoms with Gasteiger partial charge in [0.2, 0.25) is 0 Å². The first kappa shape index (κ1) is 19.8. The van der Waals surface area contributed by atoms with Gasteiger partial charge in [0.25, 0.3) is 0 Å². The normalized spacial score (nSPS) is 16.9.